The Kier molecular flexibility index (Phi) is 5.04. The number of Topliss-reactive ketones (excluding diaryl/α,β-unsaturated/α-hetero) is 1. The van der Waals surface area contributed by atoms with Gasteiger partial charge in [0.15, 0.2) is 5.78 Å². The fourth-order valence-corrected chi connectivity index (χ4v) is 8.44. The number of hydrogen-bond acceptors (Lipinski definition) is 3. The van der Waals surface area contributed by atoms with Crippen LogP contribution in [0.5, 0.6) is 0 Å². The number of rotatable bonds is 2. The molecule has 0 aliphatic heterocycles. The summed E-state index contributed by atoms with van der Waals surface area (Å²) < 4.78 is 2.05. The third-order valence-electron chi connectivity index (χ3n) is 10.3. The number of carbonyl (C=O) groups excluding carboxylic acids is 1. The standard InChI is InChI=1S/C27H40N2O2/c1-6-29-17(3)22(16(2)28-29)13-18-14-24-21-8-7-19-15-20(30)9-11-26(19,4)23(21)10-12-27(24,5)25(18)31/h13,19-21,23-24,30H,6-12,14-15H2,1-5H3/b18-13+/t19-,20-,21-,23+,24+,26-,27-/m0/s1. The van der Waals surface area contributed by atoms with Gasteiger partial charge in [0.25, 0.3) is 0 Å². The minimum absolute atomic E-state index is 0.0957. The minimum atomic E-state index is -0.188. The zero-order valence-corrected chi connectivity index (χ0v) is 20.1. The van der Waals surface area contributed by atoms with Crippen molar-refractivity contribution in [3.8, 4) is 0 Å². The van der Waals surface area contributed by atoms with Crippen molar-refractivity contribution in [1.29, 1.82) is 0 Å². The molecule has 0 aromatic carbocycles. The maximum absolute atomic E-state index is 13.7. The lowest BCUT2D eigenvalue weighted by atomic mass is 9.45. The van der Waals surface area contributed by atoms with Crippen LogP contribution in [0.1, 0.15) is 89.1 Å². The fourth-order valence-electron chi connectivity index (χ4n) is 8.44. The van der Waals surface area contributed by atoms with E-state index in [9.17, 15) is 9.90 Å². The zero-order chi connectivity index (χ0) is 22.1. The van der Waals surface area contributed by atoms with Crippen molar-refractivity contribution < 1.29 is 9.90 Å². The Hall–Kier alpha value is -1.42. The molecule has 31 heavy (non-hydrogen) atoms. The molecule has 0 amide bonds. The van der Waals surface area contributed by atoms with Crippen LogP contribution in [0.3, 0.4) is 0 Å². The molecule has 4 nitrogen and oxygen atoms in total. The summed E-state index contributed by atoms with van der Waals surface area (Å²) in [5.41, 5.74) is 4.57. The Balaban J connectivity index is 1.46. The molecule has 170 valence electrons. The molecule has 4 aliphatic carbocycles. The van der Waals surface area contributed by atoms with Crippen LogP contribution < -0.4 is 0 Å². The van der Waals surface area contributed by atoms with Crippen LogP contribution in [-0.4, -0.2) is 26.8 Å². The molecule has 7 atom stereocenters. The average Bonchev–Trinajstić information content (AvgIpc) is 3.16. The second kappa shape index (κ2) is 7.30. The number of nitrogens with zero attached hydrogens (tertiary/aromatic N) is 2. The second-order valence-corrected chi connectivity index (χ2v) is 11.6. The number of aryl methyl sites for hydroxylation is 2. The van der Waals surface area contributed by atoms with Crippen LogP contribution >= 0.6 is 0 Å². The van der Waals surface area contributed by atoms with Gasteiger partial charge in [0, 0.05) is 23.2 Å². The highest BCUT2D eigenvalue weighted by molar-refractivity contribution is 6.06. The van der Waals surface area contributed by atoms with Crippen LogP contribution in [0.4, 0.5) is 0 Å². The summed E-state index contributed by atoms with van der Waals surface area (Å²) in [5.74, 6) is 2.93. The molecule has 0 saturated heterocycles. The number of aliphatic hydroxyl groups excluding tert-OH is 1. The number of aromatic nitrogens is 2. The first-order chi connectivity index (χ1) is 14.7. The van der Waals surface area contributed by atoms with E-state index in [0.29, 0.717) is 29.0 Å². The number of carbonyl (C=O) groups is 1. The van der Waals surface area contributed by atoms with Crippen molar-refractivity contribution >= 4 is 11.9 Å². The highest BCUT2D eigenvalue weighted by Crippen LogP contribution is 2.66. The lowest BCUT2D eigenvalue weighted by molar-refractivity contribution is -0.141. The maximum atomic E-state index is 13.7. The Morgan fingerprint density at radius 1 is 1.13 bits per heavy atom. The quantitative estimate of drug-likeness (QED) is 0.639. The lowest BCUT2D eigenvalue weighted by Crippen LogP contribution is -2.54. The second-order valence-electron chi connectivity index (χ2n) is 11.6. The molecule has 0 radical (unpaired) electrons. The number of hydrogen-bond donors (Lipinski definition) is 1. The summed E-state index contributed by atoms with van der Waals surface area (Å²) in [7, 11) is 0. The van der Waals surface area contributed by atoms with Gasteiger partial charge in [0.05, 0.1) is 11.8 Å². The van der Waals surface area contributed by atoms with Crippen molar-refractivity contribution in [2.45, 2.75) is 98.6 Å². The van der Waals surface area contributed by atoms with E-state index in [2.05, 4.69) is 45.8 Å². The molecule has 1 heterocycles. The summed E-state index contributed by atoms with van der Waals surface area (Å²) in [4.78, 5) is 13.7. The molecule has 0 spiro atoms. The van der Waals surface area contributed by atoms with Gasteiger partial charge in [-0.1, -0.05) is 13.8 Å². The number of ketones is 1. The summed E-state index contributed by atoms with van der Waals surface area (Å²) in [6.45, 7) is 12.0. The van der Waals surface area contributed by atoms with E-state index in [-0.39, 0.29) is 11.5 Å². The Morgan fingerprint density at radius 2 is 1.90 bits per heavy atom. The Bertz CT molecular complexity index is 930. The summed E-state index contributed by atoms with van der Waals surface area (Å²) in [6, 6.07) is 0. The molecule has 4 aliphatic rings. The smallest absolute Gasteiger partial charge is 0.165 e. The van der Waals surface area contributed by atoms with E-state index in [0.717, 1.165) is 61.4 Å². The number of aliphatic hydroxyl groups is 1. The predicted molar refractivity (Wildman–Crippen MR) is 123 cm³/mol. The first-order valence-electron chi connectivity index (χ1n) is 12.7. The molecule has 0 bridgehead atoms. The van der Waals surface area contributed by atoms with Crippen LogP contribution in [0, 0.1) is 48.3 Å². The van der Waals surface area contributed by atoms with Gasteiger partial charge >= 0.3 is 0 Å². The normalized spacial score (nSPS) is 43.6. The molecule has 1 N–H and O–H groups in total. The van der Waals surface area contributed by atoms with E-state index in [1.165, 1.54) is 25.0 Å². The van der Waals surface area contributed by atoms with Crippen LogP contribution in [-0.2, 0) is 11.3 Å². The fraction of sp³-hybridized carbons (Fsp3) is 0.778. The number of fused-ring (bicyclic) bond motifs is 5. The molecule has 4 saturated carbocycles. The largest absolute Gasteiger partial charge is 0.393 e. The van der Waals surface area contributed by atoms with Crippen molar-refractivity contribution in [2.24, 2.45) is 34.5 Å². The Morgan fingerprint density at radius 3 is 2.61 bits per heavy atom. The van der Waals surface area contributed by atoms with E-state index in [1.54, 1.807) is 0 Å². The molecule has 4 heteroatoms. The lowest BCUT2D eigenvalue weighted by Gasteiger charge is -2.59. The van der Waals surface area contributed by atoms with Gasteiger partial charge in [-0.25, -0.2) is 0 Å². The summed E-state index contributed by atoms with van der Waals surface area (Å²) in [6.07, 6.45) is 10.8. The first kappa shape index (κ1) is 21.4. The highest BCUT2D eigenvalue weighted by Gasteiger charge is 2.61. The first-order valence-corrected chi connectivity index (χ1v) is 12.7. The summed E-state index contributed by atoms with van der Waals surface area (Å²) in [5, 5.41) is 14.9. The van der Waals surface area contributed by atoms with Gasteiger partial charge in [0.1, 0.15) is 0 Å². The van der Waals surface area contributed by atoms with E-state index in [1.807, 2.05) is 4.68 Å². The summed E-state index contributed by atoms with van der Waals surface area (Å²) >= 11 is 0. The molecule has 0 unspecified atom stereocenters. The van der Waals surface area contributed by atoms with Crippen molar-refractivity contribution in [3.05, 3.63) is 22.5 Å². The third-order valence-corrected chi connectivity index (χ3v) is 10.3. The van der Waals surface area contributed by atoms with Crippen molar-refractivity contribution in [1.82, 2.24) is 9.78 Å². The average molecular weight is 425 g/mol. The van der Waals surface area contributed by atoms with Crippen molar-refractivity contribution in [3.63, 3.8) is 0 Å². The van der Waals surface area contributed by atoms with Gasteiger partial charge in [-0.3, -0.25) is 9.48 Å². The molecule has 1 aromatic heterocycles. The highest BCUT2D eigenvalue weighted by atomic mass is 16.3. The van der Waals surface area contributed by atoms with Crippen LogP contribution in [0.15, 0.2) is 5.57 Å². The van der Waals surface area contributed by atoms with Crippen molar-refractivity contribution in [2.75, 3.05) is 0 Å². The van der Waals surface area contributed by atoms with Gasteiger partial charge < -0.3 is 5.11 Å². The van der Waals surface area contributed by atoms with Gasteiger partial charge in [0.2, 0.25) is 0 Å². The van der Waals surface area contributed by atoms with Crippen LogP contribution in [0.25, 0.3) is 6.08 Å². The topological polar surface area (TPSA) is 55.1 Å². The van der Waals surface area contributed by atoms with Crippen LogP contribution in [0.2, 0.25) is 0 Å². The molecule has 1 aromatic rings. The monoisotopic (exact) mass is 424 g/mol. The predicted octanol–water partition coefficient (Wildman–Crippen LogP) is 5.49. The SMILES string of the molecule is CCn1nc(C)c(/C=C2\C[C@@H]3[C@H]4CC[C@H]5C[C@@H](O)CC[C@]5(C)[C@@H]4CC[C@]3(C)C2=O)c1C. The Labute approximate surface area is 187 Å². The third kappa shape index (κ3) is 3.03. The number of allylic oxidation sites excluding steroid dienone is 1. The molecular formula is C27H40N2O2. The molecule has 4 fully saturated rings. The van der Waals surface area contributed by atoms with E-state index < -0.39 is 0 Å². The maximum Gasteiger partial charge on any atom is 0.165 e. The molecular weight excluding hydrogens is 384 g/mol. The van der Waals surface area contributed by atoms with E-state index in [4.69, 9.17) is 0 Å². The van der Waals surface area contributed by atoms with Gasteiger partial charge in [-0.05, 0) is 113 Å². The minimum Gasteiger partial charge on any atom is -0.393 e. The van der Waals surface area contributed by atoms with Gasteiger partial charge in [-0.15, -0.1) is 0 Å². The zero-order valence-electron chi connectivity index (χ0n) is 20.1. The van der Waals surface area contributed by atoms with E-state index >= 15 is 0 Å². The molecule has 5 rings (SSSR count). The van der Waals surface area contributed by atoms with Gasteiger partial charge in [-0.2, -0.15) is 5.10 Å².